The fourth-order valence-corrected chi connectivity index (χ4v) is 4.60. The van der Waals surface area contributed by atoms with Crippen molar-refractivity contribution in [3.8, 4) is 5.69 Å². The summed E-state index contributed by atoms with van der Waals surface area (Å²) in [5, 5.41) is 4.54. The summed E-state index contributed by atoms with van der Waals surface area (Å²) in [7, 11) is 0. The Kier molecular flexibility index (Phi) is 7.47. The minimum absolute atomic E-state index is 0.102. The first-order valence-electron chi connectivity index (χ1n) is 12.4. The van der Waals surface area contributed by atoms with Gasteiger partial charge in [0.05, 0.1) is 29.8 Å². The molecule has 2 amide bonds. The lowest BCUT2D eigenvalue weighted by atomic mass is 9.92. The molecule has 2 atom stereocenters. The van der Waals surface area contributed by atoms with Crippen LogP contribution in [0.5, 0.6) is 0 Å². The van der Waals surface area contributed by atoms with Crippen LogP contribution >= 0.6 is 0 Å². The number of hydrogen-bond acceptors (Lipinski definition) is 6. The number of aryl methyl sites for hydroxylation is 2. The third-order valence-electron chi connectivity index (χ3n) is 6.13. The van der Waals surface area contributed by atoms with Gasteiger partial charge in [0, 0.05) is 5.69 Å². The fraction of sp³-hybridized carbons (Fsp3) is 0.379. The maximum atomic E-state index is 14.0. The fourth-order valence-electron chi connectivity index (χ4n) is 4.60. The first-order chi connectivity index (χ1) is 17.5. The number of carbonyl (C=O) groups excluding carboxylic acids is 3. The summed E-state index contributed by atoms with van der Waals surface area (Å²) in [6.45, 7) is 9.29. The summed E-state index contributed by atoms with van der Waals surface area (Å²) in [5.41, 5.74) is 3.44. The van der Waals surface area contributed by atoms with Gasteiger partial charge < -0.3 is 9.47 Å². The number of imide groups is 1. The third kappa shape index (κ3) is 6.25. The van der Waals surface area contributed by atoms with Crippen LogP contribution in [0, 0.1) is 13.8 Å². The van der Waals surface area contributed by atoms with E-state index in [1.165, 1.54) is 0 Å². The highest BCUT2D eigenvalue weighted by molar-refractivity contribution is 5.99. The molecule has 0 spiro atoms. The van der Waals surface area contributed by atoms with Gasteiger partial charge in [-0.15, -0.1) is 0 Å². The Hall–Kier alpha value is -3.94. The molecule has 1 fully saturated rings. The lowest BCUT2D eigenvalue weighted by Gasteiger charge is -2.26. The Bertz CT molecular complexity index is 1290. The van der Waals surface area contributed by atoms with E-state index in [1.807, 2.05) is 68.4 Å². The topological polar surface area (TPSA) is 90.7 Å². The number of hydrogen-bond donors (Lipinski definition) is 0. The van der Waals surface area contributed by atoms with Gasteiger partial charge in [-0.1, -0.05) is 42.5 Å². The van der Waals surface area contributed by atoms with Crippen molar-refractivity contribution >= 4 is 18.0 Å². The Morgan fingerprint density at radius 2 is 1.81 bits per heavy atom. The second kappa shape index (κ2) is 10.6. The van der Waals surface area contributed by atoms with Crippen LogP contribution in [-0.2, 0) is 25.5 Å². The van der Waals surface area contributed by atoms with Gasteiger partial charge in [0.15, 0.2) is 0 Å². The zero-order valence-electron chi connectivity index (χ0n) is 21.9. The van der Waals surface area contributed by atoms with Crippen LogP contribution in [0.15, 0.2) is 60.7 Å². The average molecular weight is 504 g/mol. The molecular weight excluding hydrogens is 470 g/mol. The number of esters is 1. The minimum atomic E-state index is -0.935. The quantitative estimate of drug-likeness (QED) is 0.426. The number of aromatic nitrogens is 2. The number of benzene rings is 2. The summed E-state index contributed by atoms with van der Waals surface area (Å²) in [6, 6.07) is 18.4. The van der Waals surface area contributed by atoms with E-state index in [1.54, 1.807) is 31.5 Å². The largest absolute Gasteiger partial charge is 0.460 e. The zero-order chi connectivity index (χ0) is 26.7. The van der Waals surface area contributed by atoms with E-state index in [2.05, 4.69) is 5.10 Å². The molecule has 4 rings (SSSR count). The summed E-state index contributed by atoms with van der Waals surface area (Å²) < 4.78 is 12.6. The second-order valence-corrected chi connectivity index (χ2v) is 10.4. The lowest BCUT2D eigenvalue weighted by Crippen LogP contribution is -2.43. The van der Waals surface area contributed by atoms with Crippen molar-refractivity contribution in [3.63, 3.8) is 0 Å². The van der Waals surface area contributed by atoms with E-state index in [0.29, 0.717) is 12.0 Å². The molecule has 3 aromatic rings. The van der Waals surface area contributed by atoms with Crippen LogP contribution in [0.2, 0.25) is 0 Å². The Balaban J connectivity index is 1.69. The molecule has 37 heavy (non-hydrogen) atoms. The van der Waals surface area contributed by atoms with E-state index in [-0.39, 0.29) is 13.0 Å². The van der Waals surface area contributed by atoms with Crippen LogP contribution in [0.1, 0.15) is 55.6 Å². The SMILES string of the molecule is Cc1cc(C)n(-c2cccc([C@H](CC(=O)OC(C)(C)C)C(=O)N3C(=O)OC[C@@H]3Cc3ccccc3)c2)n1. The summed E-state index contributed by atoms with van der Waals surface area (Å²) in [4.78, 5) is 40.8. The van der Waals surface area contributed by atoms with Crippen LogP contribution in [0.4, 0.5) is 4.79 Å². The van der Waals surface area contributed by atoms with Crippen molar-refractivity contribution in [3.05, 3.63) is 83.2 Å². The van der Waals surface area contributed by atoms with Gasteiger partial charge in [-0.3, -0.25) is 9.59 Å². The number of carbonyl (C=O) groups is 3. The standard InChI is InChI=1S/C29H33N3O5/c1-19-14-20(2)32(30-19)23-13-9-12-22(16-23)25(17-26(33)37-29(3,4)5)27(34)31-24(18-36-28(31)35)15-21-10-7-6-8-11-21/h6-14,16,24-25H,15,17-18H2,1-5H3/t24-,25-/m0/s1. The van der Waals surface area contributed by atoms with Crippen molar-refractivity contribution in [2.24, 2.45) is 0 Å². The number of nitrogens with zero attached hydrogens (tertiary/aromatic N) is 3. The molecule has 8 nitrogen and oxygen atoms in total. The van der Waals surface area contributed by atoms with E-state index in [0.717, 1.165) is 27.5 Å². The first kappa shape index (κ1) is 26.1. The van der Waals surface area contributed by atoms with Gasteiger partial charge in [0.2, 0.25) is 5.91 Å². The average Bonchev–Trinajstić information content (AvgIpc) is 3.37. The molecule has 0 bridgehead atoms. The molecule has 1 saturated heterocycles. The molecule has 0 saturated carbocycles. The minimum Gasteiger partial charge on any atom is -0.460 e. The summed E-state index contributed by atoms with van der Waals surface area (Å²) >= 11 is 0. The number of cyclic esters (lactones) is 1. The Morgan fingerprint density at radius 3 is 2.46 bits per heavy atom. The van der Waals surface area contributed by atoms with E-state index in [9.17, 15) is 14.4 Å². The number of rotatable bonds is 7. The predicted octanol–water partition coefficient (Wildman–Crippen LogP) is 4.89. The Morgan fingerprint density at radius 1 is 1.08 bits per heavy atom. The molecule has 0 N–H and O–H groups in total. The highest BCUT2D eigenvalue weighted by Crippen LogP contribution is 2.30. The van der Waals surface area contributed by atoms with Crippen LogP contribution in [-0.4, -0.2) is 50.9 Å². The van der Waals surface area contributed by atoms with Crippen molar-refractivity contribution in [1.29, 1.82) is 0 Å². The zero-order valence-corrected chi connectivity index (χ0v) is 21.9. The molecule has 1 aliphatic rings. The van der Waals surface area contributed by atoms with Crippen LogP contribution < -0.4 is 0 Å². The lowest BCUT2D eigenvalue weighted by molar-refractivity contribution is -0.157. The van der Waals surface area contributed by atoms with Crippen molar-refractivity contribution in [2.75, 3.05) is 6.61 Å². The van der Waals surface area contributed by atoms with E-state index < -0.39 is 35.5 Å². The van der Waals surface area contributed by atoms with Crippen molar-refractivity contribution in [2.45, 2.75) is 65.0 Å². The molecule has 2 aromatic carbocycles. The highest BCUT2D eigenvalue weighted by Gasteiger charge is 2.42. The van der Waals surface area contributed by atoms with Crippen LogP contribution in [0.25, 0.3) is 5.69 Å². The smallest absolute Gasteiger partial charge is 0.417 e. The second-order valence-electron chi connectivity index (χ2n) is 10.4. The normalized spacial score (nSPS) is 16.4. The van der Waals surface area contributed by atoms with E-state index in [4.69, 9.17) is 9.47 Å². The van der Waals surface area contributed by atoms with Crippen molar-refractivity contribution < 1.29 is 23.9 Å². The van der Waals surface area contributed by atoms with Crippen LogP contribution in [0.3, 0.4) is 0 Å². The maximum Gasteiger partial charge on any atom is 0.417 e. The molecule has 1 aromatic heterocycles. The van der Waals surface area contributed by atoms with Crippen molar-refractivity contribution in [1.82, 2.24) is 14.7 Å². The number of amides is 2. The molecule has 194 valence electrons. The summed E-state index contributed by atoms with van der Waals surface area (Å²) in [6.07, 6.45) is -0.447. The molecule has 0 unspecified atom stereocenters. The van der Waals surface area contributed by atoms with Gasteiger partial charge in [-0.2, -0.15) is 5.10 Å². The third-order valence-corrected chi connectivity index (χ3v) is 6.13. The summed E-state index contributed by atoms with van der Waals surface area (Å²) in [5.74, 6) is -1.94. The van der Waals surface area contributed by atoms with Gasteiger partial charge in [-0.05, 0) is 70.4 Å². The van der Waals surface area contributed by atoms with Gasteiger partial charge in [0.25, 0.3) is 0 Å². The Labute approximate surface area is 217 Å². The number of ether oxygens (including phenoxy) is 2. The molecule has 0 aliphatic carbocycles. The highest BCUT2D eigenvalue weighted by atomic mass is 16.6. The van der Waals surface area contributed by atoms with Gasteiger partial charge in [-0.25, -0.2) is 14.4 Å². The maximum absolute atomic E-state index is 14.0. The van der Waals surface area contributed by atoms with Gasteiger partial charge in [0.1, 0.15) is 12.2 Å². The van der Waals surface area contributed by atoms with E-state index >= 15 is 0 Å². The molecule has 2 heterocycles. The molecule has 1 aliphatic heterocycles. The van der Waals surface area contributed by atoms with Gasteiger partial charge >= 0.3 is 12.1 Å². The predicted molar refractivity (Wildman–Crippen MR) is 138 cm³/mol. The monoisotopic (exact) mass is 503 g/mol. The molecular formula is C29H33N3O5. The molecule has 8 heteroatoms. The molecule has 0 radical (unpaired) electrons. The first-order valence-corrected chi connectivity index (χ1v) is 12.4.